The van der Waals surface area contributed by atoms with Crippen molar-refractivity contribution in [2.45, 2.75) is 70.5 Å². The summed E-state index contributed by atoms with van der Waals surface area (Å²) in [5, 5.41) is 0. The van der Waals surface area contributed by atoms with E-state index < -0.39 is 12.0 Å². The smallest absolute Gasteiger partial charge is 0.485 e. The van der Waals surface area contributed by atoms with Crippen molar-refractivity contribution in [3.05, 3.63) is 79.9 Å². The molecule has 44 heavy (non-hydrogen) atoms. The number of piperidine rings is 1. The predicted octanol–water partition coefficient (Wildman–Crippen LogP) is 5.40. The second-order valence-electron chi connectivity index (χ2n) is 12.0. The maximum Gasteiger partial charge on any atom is 0.573 e. The third-order valence-corrected chi connectivity index (χ3v) is 10.2. The molecule has 0 N–H and O–H groups in total. The largest absolute Gasteiger partial charge is 0.573 e. The van der Waals surface area contributed by atoms with Crippen LogP contribution in [0.2, 0.25) is 0 Å². The van der Waals surface area contributed by atoms with Crippen molar-refractivity contribution in [1.82, 2.24) is 14.4 Å². The first kappa shape index (κ1) is 30.2. The van der Waals surface area contributed by atoms with Crippen LogP contribution in [-0.4, -0.2) is 57.8 Å². The highest BCUT2D eigenvalue weighted by Crippen LogP contribution is 2.44. The normalized spacial score (nSPS) is 21.2. The number of hydrogen-bond acceptors (Lipinski definition) is 6. The first-order valence-electron chi connectivity index (χ1n) is 14.8. The Labute approximate surface area is 257 Å². The topological polar surface area (TPSA) is 81.1 Å². The van der Waals surface area contributed by atoms with Crippen molar-refractivity contribution >= 4 is 23.2 Å². The zero-order valence-electron chi connectivity index (χ0n) is 24.6. The van der Waals surface area contributed by atoms with E-state index in [9.17, 15) is 27.6 Å². The summed E-state index contributed by atoms with van der Waals surface area (Å²) in [6, 6.07) is 13.6. The number of benzene rings is 2. The van der Waals surface area contributed by atoms with Crippen LogP contribution in [0.1, 0.15) is 53.3 Å². The van der Waals surface area contributed by atoms with Crippen molar-refractivity contribution in [3.8, 4) is 11.5 Å². The SMILES string of the molecule is Cc1sc(=O)n(CC(=O)N2Cc3ccccc3OC3(CCN(C(=O)C4CC(c5ccc(OC(F)(F)F)cc5)C4)CC3)C2)c1C. The standard InChI is InChI=1S/C32H34F3N3O5S/c1-20-21(2)44-30(41)38(20)18-28(39)37-17-23-5-3-4-6-27(23)43-31(19-37)11-13-36(14-12-31)29(40)25-15-24(16-25)22-7-9-26(10-8-22)42-32(33,34)35/h3-10,24-25H,11-19H2,1-2H3. The number of amides is 2. The van der Waals surface area contributed by atoms with E-state index in [0.717, 1.165) is 38.8 Å². The molecule has 1 aromatic heterocycles. The van der Waals surface area contributed by atoms with Gasteiger partial charge in [0.2, 0.25) is 11.8 Å². The second kappa shape index (κ2) is 11.6. The second-order valence-corrected chi connectivity index (χ2v) is 13.2. The summed E-state index contributed by atoms with van der Waals surface area (Å²) in [6.45, 7) is 5.43. The maximum atomic E-state index is 13.6. The minimum Gasteiger partial charge on any atom is -0.485 e. The number of thiazole rings is 1. The van der Waals surface area contributed by atoms with Gasteiger partial charge in [0.15, 0.2) is 0 Å². The summed E-state index contributed by atoms with van der Waals surface area (Å²) in [7, 11) is 0. The Bertz CT molecular complexity index is 1600. The zero-order valence-corrected chi connectivity index (χ0v) is 25.4. The number of rotatable bonds is 5. The van der Waals surface area contributed by atoms with Gasteiger partial charge in [-0.15, -0.1) is 13.2 Å². The zero-order chi connectivity index (χ0) is 31.2. The molecule has 3 aliphatic rings. The number of likely N-dealkylation sites (tertiary alicyclic amines) is 1. The lowest BCUT2D eigenvalue weighted by atomic mass is 9.70. The fourth-order valence-corrected chi connectivity index (χ4v) is 7.31. The van der Waals surface area contributed by atoms with Crippen LogP contribution in [0.15, 0.2) is 53.3 Å². The third kappa shape index (κ3) is 6.22. The molecule has 0 radical (unpaired) electrons. The molecule has 1 aliphatic carbocycles. The highest BCUT2D eigenvalue weighted by Gasteiger charge is 2.45. The van der Waals surface area contributed by atoms with Crippen LogP contribution in [0.3, 0.4) is 0 Å². The van der Waals surface area contributed by atoms with E-state index in [4.69, 9.17) is 4.74 Å². The predicted molar refractivity (Wildman–Crippen MR) is 158 cm³/mol. The van der Waals surface area contributed by atoms with Gasteiger partial charge in [0, 0.05) is 54.5 Å². The molecule has 3 heterocycles. The van der Waals surface area contributed by atoms with Crippen LogP contribution < -0.4 is 14.3 Å². The Balaban J connectivity index is 1.09. The number of ether oxygens (including phenoxy) is 2. The molecule has 2 aliphatic heterocycles. The van der Waals surface area contributed by atoms with Gasteiger partial charge in [-0.1, -0.05) is 41.7 Å². The van der Waals surface area contributed by atoms with E-state index in [1.807, 2.05) is 43.0 Å². The van der Waals surface area contributed by atoms with Crippen molar-refractivity contribution in [1.29, 1.82) is 0 Å². The quantitative estimate of drug-likeness (QED) is 0.378. The first-order chi connectivity index (χ1) is 20.9. The van der Waals surface area contributed by atoms with Gasteiger partial charge >= 0.3 is 11.2 Å². The Morgan fingerprint density at radius 3 is 2.34 bits per heavy atom. The molecule has 8 nitrogen and oxygen atoms in total. The Hall–Kier alpha value is -3.80. The lowest BCUT2D eigenvalue weighted by Crippen LogP contribution is -2.56. The maximum absolute atomic E-state index is 13.6. The van der Waals surface area contributed by atoms with Crippen LogP contribution in [0.25, 0.3) is 0 Å². The summed E-state index contributed by atoms with van der Waals surface area (Å²) in [5.74, 6) is 0.386. The van der Waals surface area contributed by atoms with Gasteiger partial charge in [0.25, 0.3) is 0 Å². The Kier molecular flexibility index (Phi) is 7.98. The van der Waals surface area contributed by atoms with Gasteiger partial charge in [-0.3, -0.25) is 19.0 Å². The molecular weight excluding hydrogens is 595 g/mol. The molecule has 3 aromatic rings. The fourth-order valence-electron chi connectivity index (χ4n) is 6.48. The summed E-state index contributed by atoms with van der Waals surface area (Å²) in [5.41, 5.74) is 1.94. The van der Waals surface area contributed by atoms with Crippen molar-refractivity contribution in [3.63, 3.8) is 0 Å². The molecule has 1 saturated carbocycles. The van der Waals surface area contributed by atoms with E-state index in [0.29, 0.717) is 51.9 Å². The molecule has 0 unspecified atom stereocenters. The number of halogens is 3. The molecule has 0 bridgehead atoms. The molecule has 234 valence electrons. The fraction of sp³-hybridized carbons (Fsp3) is 0.469. The van der Waals surface area contributed by atoms with Gasteiger partial charge in [-0.05, 0) is 56.4 Å². The molecule has 2 amide bonds. The molecule has 6 rings (SSSR count). The van der Waals surface area contributed by atoms with Crippen LogP contribution in [-0.2, 0) is 22.7 Å². The minimum atomic E-state index is -4.73. The molecule has 2 fully saturated rings. The van der Waals surface area contributed by atoms with Gasteiger partial charge in [-0.2, -0.15) is 0 Å². The Morgan fingerprint density at radius 1 is 1.02 bits per heavy atom. The highest BCUT2D eigenvalue weighted by molar-refractivity contribution is 7.09. The van der Waals surface area contributed by atoms with Crippen LogP contribution >= 0.6 is 11.3 Å². The summed E-state index contributed by atoms with van der Waals surface area (Å²) in [4.78, 5) is 43.9. The summed E-state index contributed by atoms with van der Waals surface area (Å²) in [6.07, 6.45) is -2.32. The van der Waals surface area contributed by atoms with E-state index in [-0.39, 0.29) is 40.8 Å². The Morgan fingerprint density at radius 2 is 1.70 bits per heavy atom. The van der Waals surface area contributed by atoms with E-state index >= 15 is 0 Å². The number of aromatic nitrogens is 1. The van der Waals surface area contributed by atoms with Gasteiger partial charge in [-0.25, -0.2) is 0 Å². The van der Waals surface area contributed by atoms with Gasteiger partial charge in [0.05, 0.1) is 6.54 Å². The molecule has 0 atom stereocenters. The summed E-state index contributed by atoms with van der Waals surface area (Å²) < 4.78 is 49.5. The molecule has 1 spiro atoms. The number of carbonyl (C=O) groups is 2. The monoisotopic (exact) mass is 629 g/mol. The average Bonchev–Trinajstić information content (AvgIpc) is 3.09. The van der Waals surface area contributed by atoms with Crippen LogP contribution in [0, 0.1) is 19.8 Å². The van der Waals surface area contributed by atoms with Gasteiger partial charge in [0.1, 0.15) is 23.6 Å². The molecular formula is C32H34F3N3O5S. The molecule has 2 aromatic carbocycles. The summed E-state index contributed by atoms with van der Waals surface area (Å²) >= 11 is 1.14. The number of fused-ring (bicyclic) bond motifs is 1. The number of alkyl halides is 3. The molecule has 12 heteroatoms. The van der Waals surface area contributed by atoms with Crippen molar-refractivity contribution in [2.75, 3.05) is 19.6 Å². The number of nitrogens with zero attached hydrogens (tertiary/aromatic N) is 3. The van der Waals surface area contributed by atoms with E-state index in [2.05, 4.69) is 4.74 Å². The van der Waals surface area contributed by atoms with Crippen LogP contribution in [0.4, 0.5) is 13.2 Å². The first-order valence-corrected chi connectivity index (χ1v) is 15.6. The van der Waals surface area contributed by atoms with Crippen LogP contribution in [0.5, 0.6) is 11.5 Å². The third-order valence-electron chi connectivity index (χ3n) is 9.22. The number of aryl methyl sites for hydroxylation is 1. The highest BCUT2D eigenvalue weighted by atomic mass is 32.1. The molecule has 1 saturated heterocycles. The number of para-hydroxylation sites is 1. The lowest BCUT2D eigenvalue weighted by Gasteiger charge is -2.45. The lowest BCUT2D eigenvalue weighted by molar-refractivity contribution is -0.274. The van der Waals surface area contributed by atoms with E-state index in [1.165, 1.54) is 16.7 Å². The number of hydrogen-bond donors (Lipinski definition) is 0. The van der Waals surface area contributed by atoms with E-state index in [1.54, 1.807) is 17.0 Å². The van der Waals surface area contributed by atoms with Crippen molar-refractivity contribution < 1.29 is 32.2 Å². The van der Waals surface area contributed by atoms with Crippen molar-refractivity contribution in [2.24, 2.45) is 5.92 Å². The number of carbonyl (C=O) groups excluding carboxylic acids is 2. The average molecular weight is 630 g/mol. The van der Waals surface area contributed by atoms with Gasteiger partial charge < -0.3 is 19.3 Å². The minimum absolute atomic E-state index is 0.0290.